The molecule has 0 aliphatic carbocycles. The summed E-state index contributed by atoms with van der Waals surface area (Å²) in [5.74, 6) is -0.404. The average molecular weight is 316 g/mol. The SMILES string of the molecule is COc1cc(C(=O)OCC(=O)NC(C)C)cc(Cl)c1OC. The fourth-order valence-electron chi connectivity index (χ4n) is 1.61. The van der Waals surface area contributed by atoms with Crippen LogP contribution < -0.4 is 14.8 Å². The maximum absolute atomic E-state index is 11.9. The third kappa shape index (κ3) is 4.82. The summed E-state index contributed by atoms with van der Waals surface area (Å²) in [6.07, 6.45) is 0. The monoisotopic (exact) mass is 315 g/mol. The van der Waals surface area contributed by atoms with Gasteiger partial charge < -0.3 is 19.5 Å². The summed E-state index contributed by atoms with van der Waals surface area (Å²) in [5.41, 5.74) is 0.176. The quantitative estimate of drug-likeness (QED) is 0.813. The fourth-order valence-corrected chi connectivity index (χ4v) is 1.90. The number of methoxy groups -OCH3 is 2. The summed E-state index contributed by atoms with van der Waals surface area (Å²) in [4.78, 5) is 23.3. The van der Waals surface area contributed by atoms with E-state index in [0.29, 0.717) is 11.5 Å². The number of hydrogen-bond acceptors (Lipinski definition) is 5. The molecular formula is C14H18ClNO5. The second kappa shape index (κ2) is 7.73. The average Bonchev–Trinajstić information content (AvgIpc) is 2.42. The highest BCUT2D eigenvalue weighted by molar-refractivity contribution is 6.32. The molecule has 0 unspecified atom stereocenters. The van der Waals surface area contributed by atoms with E-state index in [4.69, 9.17) is 25.8 Å². The number of rotatable bonds is 6. The molecule has 1 N–H and O–H groups in total. The summed E-state index contributed by atoms with van der Waals surface area (Å²) < 4.78 is 15.1. The van der Waals surface area contributed by atoms with Crippen LogP contribution >= 0.6 is 11.6 Å². The molecule has 0 fully saturated rings. The second-order valence-corrected chi connectivity index (χ2v) is 4.90. The van der Waals surface area contributed by atoms with Gasteiger partial charge in [0, 0.05) is 6.04 Å². The zero-order chi connectivity index (χ0) is 16.0. The summed E-state index contributed by atoms with van der Waals surface area (Å²) in [6, 6.07) is 2.81. The molecule has 0 bridgehead atoms. The first-order valence-corrected chi connectivity index (χ1v) is 6.64. The van der Waals surface area contributed by atoms with Crippen molar-refractivity contribution in [3.05, 3.63) is 22.7 Å². The lowest BCUT2D eigenvalue weighted by Gasteiger charge is -2.12. The van der Waals surface area contributed by atoms with E-state index in [2.05, 4.69) is 5.32 Å². The van der Waals surface area contributed by atoms with Crippen LogP contribution in [-0.4, -0.2) is 38.7 Å². The molecule has 1 aromatic carbocycles. The van der Waals surface area contributed by atoms with E-state index < -0.39 is 5.97 Å². The molecule has 7 heteroatoms. The number of carbonyl (C=O) groups is 2. The largest absolute Gasteiger partial charge is 0.493 e. The van der Waals surface area contributed by atoms with Gasteiger partial charge in [0.1, 0.15) is 0 Å². The number of halogens is 1. The van der Waals surface area contributed by atoms with Crippen molar-refractivity contribution in [3.8, 4) is 11.5 Å². The van der Waals surface area contributed by atoms with Gasteiger partial charge in [-0.05, 0) is 26.0 Å². The topological polar surface area (TPSA) is 73.9 Å². The van der Waals surface area contributed by atoms with Crippen LogP contribution in [0.15, 0.2) is 12.1 Å². The van der Waals surface area contributed by atoms with Crippen LogP contribution in [0.2, 0.25) is 5.02 Å². The minimum atomic E-state index is -0.670. The van der Waals surface area contributed by atoms with Crippen LogP contribution in [0.4, 0.5) is 0 Å². The second-order valence-electron chi connectivity index (χ2n) is 4.49. The number of ether oxygens (including phenoxy) is 3. The fraction of sp³-hybridized carbons (Fsp3) is 0.429. The van der Waals surface area contributed by atoms with E-state index in [0.717, 1.165) is 0 Å². The van der Waals surface area contributed by atoms with Gasteiger partial charge in [-0.25, -0.2) is 4.79 Å². The van der Waals surface area contributed by atoms with Gasteiger partial charge in [0.15, 0.2) is 18.1 Å². The predicted octanol–water partition coefficient (Wildman–Crippen LogP) is 2.04. The molecule has 0 aliphatic rings. The minimum absolute atomic E-state index is 0.0215. The molecule has 0 radical (unpaired) electrons. The predicted molar refractivity (Wildman–Crippen MR) is 78.1 cm³/mol. The Morgan fingerprint density at radius 1 is 1.24 bits per heavy atom. The van der Waals surface area contributed by atoms with Crippen LogP contribution in [0.3, 0.4) is 0 Å². The molecule has 6 nitrogen and oxygen atoms in total. The highest BCUT2D eigenvalue weighted by atomic mass is 35.5. The number of carbonyl (C=O) groups excluding carboxylic acids is 2. The molecule has 0 heterocycles. The molecule has 0 aromatic heterocycles. The maximum Gasteiger partial charge on any atom is 0.338 e. The number of benzene rings is 1. The standard InChI is InChI=1S/C14H18ClNO5/c1-8(2)16-12(17)7-21-14(18)9-5-10(15)13(20-4)11(6-9)19-3/h5-6,8H,7H2,1-4H3,(H,16,17). The maximum atomic E-state index is 11.9. The van der Waals surface area contributed by atoms with Crippen LogP contribution in [0, 0.1) is 0 Å². The Morgan fingerprint density at radius 2 is 1.90 bits per heavy atom. The van der Waals surface area contributed by atoms with Gasteiger partial charge in [0.25, 0.3) is 5.91 Å². The Balaban J connectivity index is 2.79. The number of hydrogen-bond donors (Lipinski definition) is 1. The molecule has 21 heavy (non-hydrogen) atoms. The summed E-state index contributed by atoms with van der Waals surface area (Å²) in [5, 5.41) is 2.83. The Labute approximate surface area is 128 Å². The van der Waals surface area contributed by atoms with E-state index in [1.165, 1.54) is 26.4 Å². The lowest BCUT2D eigenvalue weighted by molar-refractivity contribution is -0.124. The molecule has 1 rings (SSSR count). The van der Waals surface area contributed by atoms with Gasteiger partial charge in [-0.3, -0.25) is 4.79 Å². The van der Waals surface area contributed by atoms with Crippen molar-refractivity contribution in [1.82, 2.24) is 5.32 Å². The molecule has 1 amide bonds. The van der Waals surface area contributed by atoms with Gasteiger partial charge >= 0.3 is 5.97 Å². The van der Waals surface area contributed by atoms with E-state index >= 15 is 0 Å². The molecule has 0 saturated carbocycles. The first-order chi connectivity index (χ1) is 9.88. The van der Waals surface area contributed by atoms with Crippen LogP contribution in [0.5, 0.6) is 11.5 Å². The molecule has 0 saturated heterocycles. The van der Waals surface area contributed by atoms with Crippen molar-refractivity contribution in [2.24, 2.45) is 0 Å². The normalized spacial score (nSPS) is 10.2. The molecule has 1 aromatic rings. The highest BCUT2D eigenvalue weighted by Crippen LogP contribution is 2.36. The van der Waals surface area contributed by atoms with Crippen molar-refractivity contribution in [1.29, 1.82) is 0 Å². The summed E-state index contributed by atoms with van der Waals surface area (Å²) in [6.45, 7) is 3.27. The Bertz CT molecular complexity index is 530. The zero-order valence-electron chi connectivity index (χ0n) is 12.4. The first kappa shape index (κ1) is 17.1. The lowest BCUT2D eigenvalue weighted by atomic mass is 10.2. The first-order valence-electron chi connectivity index (χ1n) is 6.27. The van der Waals surface area contributed by atoms with Gasteiger partial charge in [-0.2, -0.15) is 0 Å². The smallest absolute Gasteiger partial charge is 0.338 e. The van der Waals surface area contributed by atoms with E-state index in [-0.39, 0.29) is 29.1 Å². The Morgan fingerprint density at radius 3 is 2.43 bits per heavy atom. The number of amides is 1. The van der Waals surface area contributed by atoms with Crippen LogP contribution in [0.25, 0.3) is 0 Å². The van der Waals surface area contributed by atoms with Crippen LogP contribution in [-0.2, 0) is 9.53 Å². The van der Waals surface area contributed by atoms with Gasteiger partial charge in [-0.15, -0.1) is 0 Å². The molecule has 0 spiro atoms. The molecular weight excluding hydrogens is 298 g/mol. The van der Waals surface area contributed by atoms with Crippen LogP contribution in [0.1, 0.15) is 24.2 Å². The molecule has 116 valence electrons. The third-order valence-corrected chi connectivity index (χ3v) is 2.73. The van der Waals surface area contributed by atoms with Gasteiger partial charge in [0.05, 0.1) is 24.8 Å². The minimum Gasteiger partial charge on any atom is -0.493 e. The van der Waals surface area contributed by atoms with Crippen molar-refractivity contribution < 1.29 is 23.8 Å². The van der Waals surface area contributed by atoms with E-state index in [1.807, 2.05) is 13.8 Å². The lowest BCUT2D eigenvalue weighted by Crippen LogP contribution is -2.33. The molecule has 0 atom stereocenters. The van der Waals surface area contributed by atoms with E-state index in [9.17, 15) is 9.59 Å². The van der Waals surface area contributed by atoms with Gasteiger partial charge in [0.2, 0.25) is 0 Å². The number of nitrogens with one attached hydrogen (secondary N) is 1. The summed E-state index contributed by atoms with van der Waals surface area (Å²) >= 11 is 6.00. The van der Waals surface area contributed by atoms with Crippen molar-refractivity contribution in [2.75, 3.05) is 20.8 Å². The highest BCUT2D eigenvalue weighted by Gasteiger charge is 2.17. The van der Waals surface area contributed by atoms with Crippen molar-refractivity contribution in [2.45, 2.75) is 19.9 Å². The van der Waals surface area contributed by atoms with E-state index in [1.54, 1.807) is 0 Å². The van der Waals surface area contributed by atoms with Gasteiger partial charge in [-0.1, -0.05) is 11.6 Å². The number of esters is 1. The zero-order valence-corrected chi connectivity index (χ0v) is 13.1. The Kier molecular flexibility index (Phi) is 6.30. The third-order valence-electron chi connectivity index (χ3n) is 2.45. The van der Waals surface area contributed by atoms with Crippen molar-refractivity contribution in [3.63, 3.8) is 0 Å². The Hall–Kier alpha value is -1.95. The summed E-state index contributed by atoms with van der Waals surface area (Å²) in [7, 11) is 2.87. The molecule has 0 aliphatic heterocycles. The van der Waals surface area contributed by atoms with Crippen molar-refractivity contribution >= 4 is 23.5 Å².